The van der Waals surface area contributed by atoms with E-state index in [1.165, 1.54) is 44.1 Å². The van der Waals surface area contributed by atoms with E-state index in [4.69, 9.17) is 15.0 Å². The summed E-state index contributed by atoms with van der Waals surface area (Å²) in [5.41, 5.74) is 2.44. The molecule has 1 aliphatic carbocycles. The third-order valence-electron chi connectivity index (χ3n) is 6.96. The summed E-state index contributed by atoms with van der Waals surface area (Å²) in [6.07, 6.45) is 14.1. The van der Waals surface area contributed by atoms with Crippen molar-refractivity contribution in [1.82, 2.24) is 19.9 Å². The molecule has 164 valence electrons. The van der Waals surface area contributed by atoms with Crippen molar-refractivity contribution in [1.29, 1.82) is 0 Å². The number of nitrogens with one attached hydrogen (secondary N) is 1. The van der Waals surface area contributed by atoms with E-state index in [1.54, 1.807) is 0 Å². The van der Waals surface area contributed by atoms with Crippen molar-refractivity contribution >= 4 is 22.7 Å². The molecule has 1 unspecified atom stereocenters. The summed E-state index contributed by atoms with van der Waals surface area (Å²) >= 11 is 0. The third kappa shape index (κ3) is 4.53. The molecular formula is C24H38N6. The maximum atomic E-state index is 5.06. The molecule has 0 amide bonds. The second-order valence-corrected chi connectivity index (χ2v) is 9.51. The van der Waals surface area contributed by atoms with Crippen LogP contribution in [0.1, 0.15) is 76.7 Å². The summed E-state index contributed by atoms with van der Waals surface area (Å²) in [7, 11) is 4.34. The van der Waals surface area contributed by atoms with Crippen LogP contribution in [-0.2, 0) is 0 Å². The fourth-order valence-electron chi connectivity index (χ4n) is 5.14. The number of likely N-dealkylation sites (N-methyl/N-ethyl adjacent to an activating group) is 1. The Balaban J connectivity index is 1.71. The molecule has 1 saturated heterocycles. The molecule has 1 N–H and O–H groups in total. The van der Waals surface area contributed by atoms with Gasteiger partial charge >= 0.3 is 0 Å². The van der Waals surface area contributed by atoms with E-state index in [-0.39, 0.29) is 0 Å². The lowest BCUT2D eigenvalue weighted by molar-refractivity contribution is 0.315. The van der Waals surface area contributed by atoms with Crippen LogP contribution in [0.4, 0.5) is 11.8 Å². The molecule has 6 nitrogen and oxygen atoms in total. The van der Waals surface area contributed by atoms with E-state index in [1.807, 2.05) is 6.20 Å². The quantitative estimate of drug-likeness (QED) is 0.707. The van der Waals surface area contributed by atoms with Gasteiger partial charge in [-0.25, -0.2) is 15.0 Å². The largest absolute Gasteiger partial charge is 0.354 e. The van der Waals surface area contributed by atoms with Gasteiger partial charge in [-0.15, -0.1) is 0 Å². The highest BCUT2D eigenvalue weighted by atomic mass is 15.3. The minimum absolute atomic E-state index is 0.381. The van der Waals surface area contributed by atoms with Crippen LogP contribution in [-0.4, -0.2) is 59.1 Å². The van der Waals surface area contributed by atoms with Crippen LogP contribution in [0, 0.1) is 0 Å². The molecule has 2 fully saturated rings. The fourth-order valence-corrected chi connectivity index (χ4v) is 5.14. The maximum Gasteiger partial charge on any atom is 0.223 e. The van der Waals surface area contributed by atoms with Crippen molar-refractivity contribution in [2.24, 2.45) is 0 Å². The van der Waals surface area contributed by atoms with E-state index < -0.39 is 0 Å². The summed E-state index contributed by atoms with van der Waals surface area (Å²) < 4.78 is 0. The number of nitrogens with zero attached hydrogens (tertiary/aromatic N) is 5. The summed E-state index contributed by atoms with van der Waals surface area (Å²) in [6.45, 7) is 6.49. The Morgan fingerprint density at radius 1 is 1.13 bits per heavy atom. The number of hydrogen-bond acceptors (Lipinski definition) is 6. The lowest BCUT2D eigenvalue weighted by Crippen LogP contribution is -2.31. The SMILES string of the molecule is CCCC(C)Nc1ncc2c(N3CC[C@H](N(C)C)C3)ncc(C3CCCCC3)c2n1. The Hall–Kier alpha value is -1.95. The van der Waals surface area contributed by atoms with Crippen LogP contribution >= 0.6 is 0 Å². The lowest BCUT2D eigenvalue weighted by Gasteiger charge is -2.26. The first-order chi connectivity index (χ1) is 14.6. The van der Waals surface area contributed by atoms with E-state index in [2.05, 4.69) is 49.3 Å². The van der Waals surface area contributed by atoms with Gasteiger partial charge in [-0.2, -0.15) is 0 Å². The summed E-state index contributed by atoms with van der Waals surface area (Å²) in [5.74, 6) is 2.39. The van der Waals surface area contributed by atoms with Crippen LogP contribution in [0.5, 0.6) is 0 Å². The van der Waals surface area contributed by atoms with Crippen LogP contribution in [0.3, 0.4) is 0 Å². The monoisotopic (exact) mass is 410 g/mol. The number of pyridine rings is 1. The standard InChI is InChI=1S/C24H38N6/c1-5-9-17(2)27-24-26-15-21-22(28-24)20(18-10-7-6-8-11-18)14-25-23(21)30-13-12-19(16-30)29(3)4/h14-15,17-19H,5-13,16H2,1-4H3,(H,26,27,28)/t17?,19-/m0/s1. The Bertz CT molecular complexity index is 845. The number of anilines is 2. The normalized spacial score (nSPS) is 21.5. The highest BCUT2D eigenvalue weighted by Crippen LogP contribution is 2.38. The zero-order valence-electron chi connectivity index (χ0n) is 19.2. The van der Waals surface area contributed by atoms with Crippen molar-refractivity contribution in [2.75, 3.05) is 37.4 Å². The summed E-state index contributed by atoms with van der Waals surface area (Å²) in [5, 5.41) is 4.63. The van der Waals surface area contributed by atoms with E-state index in [0.717, 1.165) is 48.6 Å². The number of aromatic nitrogens is 3. The molecule has 0 aromatic carbocycles. The molecule has 2 aromatic rings. The Morgan fingerprint density at radius 3 is 2.63 bits per heavy atom. The zero-order chi connectivity index (χ0) is 21.1. The average molecular weight is 411 g/mol. The molecule has 0 spiro atoms. The van der Waals surface area contributed by atoms with Gasteiger partial charge in [0.05, 0.1) is 10.9 Å². The van der Waals surface area contributed by atoms with Crippen LogP contribution in [0.2, 0.25) is 0 Å². The van der Waals surface area contributed by atoms with Crippen molar-refractivity contribution in [3.8, 4) is 0 Å². The van der Waals surface area contributed by atoms with Gasteiger partial charge in [-0.1, -0.05) is 32.6 Å². The number of fused-ring (bicyclic) bond motifs is 1. The summed E-state index contributed by atoms with van der Waals surface area (Å²) in [4.78, 5) is 19.5. The highest BCUT2D eigenvalue weighted by Gasteiger charge is 2.28. The molecule has 0 radical (unpaired) electrons. The van der Waals surface area contributed by atoms with E-state index in [0.29, 0.717) is 18.0 Å². The average Bonchev–Trinajstić information content (AvgIpc) is 3.24. The highest BCUT2D eigenvalue weighted by molar-refractivity contribution is 5.92. The van der Waals surface area contributed by atoms with Gasteiger partial charge in [0.2, 0.25) is 5.95 Å². The smallest absolute Gasteiger partial charge is 0.223 e. The van der Waals surface area contributed by atoms with Crippen molar-refractivity contribution < 1.29 is 0 Å². The number of hydrogen-bond donors (Lipinski definition) is 1. The zero-order valence-corrected chi connectivity index (χ0v) is 19.2. The van der Waals surface area contributed by atoms with Crippen LogP contribution in [0.25, 0.3) is 10.9 Å². The van der Waals surface area contributed by atoms with E-state index in [9.17, 15) is 0 Å². The van der Waals surface area contributed by atoms with Crippen molar-refractivity contribution in [2.45, 2.75) is 83.2 Å². The second kappa shape index (κ2) is 9.46. The van der Waals surface area contributed by atoms with Gasteiger partial charge in [-0.05, 0) is 52.6 Å². The molecule has 2 aliphatic rings. The van der Waals surface area contributed by atoms with Crippen LogP contribution < -0.4 is 10.2 Å². The molecule has 6 heteroatoms. The van der Waals surface area contributed by atoms with Gasteiger partial charge in [0.1, 0.15) is 5.82 Å². The second-order valence-electron chi connectivity index (χ2n) is 9.51. The van der Waals surface area contributed by atoms with Crippen molar-refractivity contribution in [3.05, 3.63) is 18.0 Å². The Labute approximate surface area is 181 Å². The van der Waals surface area contributed by atoms with Gasteiger partial charge in [0.15, 0.2) is 0 Å². The molecule has 30 heavy (non-hydrogen) atoms. The molecule has 1 saturated carbocycles. The predicted octanol–water partition coefficient (Wildman–Crippen LogP) is 4.81. The van der Waals surface area contributed by atoms with Gasteiger partial charge in [-0.3, -0.25) is 0 Å². The first kappa shape index (κ1) is 21.3. The topological polar surface area (TPSA) is 57.2 Å². The minimum Gasteiger partial charge on any atom is -0.354 e. The van der Waals surface area contributed by atoms with Gasteiger partial charge < -0.3 is 15.1 Å². The Morgan fingerprint density at radius 2 is 1.93 bits per heavy atom. The van der Waals surface area contributed by atoms with Gasteiger partial charge in [0, 0.05) is 43.1 Å². The number of rotatable bonds is 7. The minimum atomic E-state index is 0.381. The van der Waals surface area contributed by atoms with Gasteiger partial charge in [0.25, 0.3) is 0 Å². The molecule has 1 aliphatic heterocycles. The van der Waals surface area contributed by atoms with E-state index >= 15 is 0 Å². The predicted molar refractivity (Wildman–Crippen MR) is 125 cm³/mol. The molecule has 2 aromatic heterocycles. The molecular weight excluding hydrogens is 372 g/mol. The Kier molecular flexibility index (Phi) is 6.71. The fraction of sp³-hybridized carbons (Fsp3) is 0.708. The lowest BCUT2D eigenvalue weighted by atomic mass is 9.84. The van der Waals surface area contributed by atoms with Crippen LogP contribution in [0.15, 0.2) is 12.4 Å². The molecule has 0 bridgehead atoms. The molecule has 4 rings (SSSR count). The first-order valence-electron chi connectivity index (χ1n) is 11.9. The van der Waals surface area contributed by atoms with Crippen molar-refractivity contribution in [3.63, 3.8) is 0 Å². The molecule has 2 atom stereocenters. The summed E-state index contributed by atoms with van der Waals surface area (Å²) in [6, 6.07) is 0.961. The third-order valence-corrected chi connectivity index (χ3v) is 6.96. The molecule has 3 heterocycles. The first-order valence-corrected chi connectivity index (χ1v) is 11.9. The maximum absolute atomic E-state index is 5.06.